The summed E-state index contributed by atoms with van der Waals surface area (Å²) in [6, 6.07) is 8.32. The van der Waals surface area contributed by atoms with E-state index in [0.717, 1.165) is 16.8 Å². The lowest BCUT2D eigenvalue weighted by Crippen LogP contribution is -2.24. The van der Waals surface area contributed by atoms with Crippen LogP contribution in [0, 0.1) is 6.92 Å². The third-order valence-corrected chi connectivity index (χ3v) is 4.73. The Morgan fingerprint density at radius 1 is 1.14 bits per heavy atom. The first-order valence-electron chi connectivity index (χ1n) is 9.61. The number of primary amides is 1. The van der Waals surface area contributed by atoms with Crippen LogP contribution in [0.5, 0.6) is 0 Å². The maximum absolute atomic E-state index is 13.2. The van der Waals surface area contributed by atoms with Crippen LogP contribution in [-0.4, -0.2) is 26.6 Å². The molecule has 0 aliphatic rings. The largest absolute Gasteiger partial charge is 0.366 e. The molecule has 2 aromatic heterocycles. The summed E-state index contributed by atoms with van der Waals surface area (Å²) in [7, 11) is 0. The van der Waals surface area contributed by atoms with Crippen molar-refractivity contribution in [3.63, 3.8) is 0 Å². The van der Waals surface area contributed by atoms with Gasteiger partial charge in [0.05, 0.1) is 22.2 Å². The van der Waals surface area contributed by atoms with Gasteiger partial charge in [-0.25, -0.2) is 9.67 Å². The Morgan fingerprint density at radius 2 is 1.76 bits per heavy atom. The molecule has 0 saturated carbocycles. The third-order valence-electron chi connectivity index (χ3n) is 4.73. The molecule has 0 radical (unpaired) electrons. The molecule has 7 heteroatoms. The fourth-order valence-corrected chi connectivity index (χ4v) is 3.17. The second-order valence-corrected chi connectivity index (χ2v) is 8.51. The zero-order chi connectivity index (χ0) is 21.5. The number of anilines is 1. The number of nitrogens with two attached hydrogens (primary N) is 1. The smallest absolute Gasteiger partial charge is 0.256 e. The summed E-state index contributed by atoms with van der Waals surface area (Å²) in [6.45, 7) is 12.2. The second-order valence-electron chi connectivity index (χ2n) is 8.51. The van der Waals surface area contributed by atoms with E-state index in [9.17, 15) is 9.59 Å². The molecule has 3 N–H and O–H groups in total. The van der Waals surface area contributed by atoms with Gasteiger partial charge in [-0.15, -0.1) is 0 Å². The summed E-state index contributed by atoms with van der Waals surface area (Å²) >= 11 is 0. The van der Waals surface area contributed by atoms with E-state index in [0.29, 0.717) is 22.5 Å². The lowest BCUT2D eigenvalue weighted by molar-refractivity contribution is 0.0998. The molecule has 152 valence electrons. The molecule has 0 aliphatic heterocycles. The minimum atomic E-state index is -0.509. The Hall–Kier alpha value is -3.22. The van der Waals surface area contributed by atoms with Crippen molar-refractivity contribution in [1.29, 1.82) is 0 Å². The zero-order valence-corrected chi connectivity index (χ0v) is 17.7. The molecule has 2 amide bonds. The molecular formula is C22H27N5O2. The molecule has 0 spiro atoms. The van der Waals surface area contributed by atoms with E-state index in [2.05, 4.69) is 31.2 Å². The van der Waals surface area contributed by atoms with Crippen LogP contribution < -0.4 is 11.1 Å². The lowest BCUT2D eigenvalue weighted by atomic mass is 10.0. The molecule has 7 nitrogen and oxygen atoms in total. The first kappa shape index (κ1) is 20.5. The van der Waals surface area contributed by atoms with Crippen molar-refractivity contribution < 1.29 is 9.59 Å². The molecule has 29 heavy (non-hydrogen) atoms. The van der Waals surface area contributed by atoms with Gasteiger partial charge in [0.2, 0.25) is 5.91 Å². The number of amides is 2. The van der Waals surface area contributed by atoms with Gasteiger partial charge in [0.15, 0.2) is 5.65 Å². The van der Waals surface area contributed by atoms with Crippen LogP contribution in [0.3, 0.4) is 0 Å². The van der Waals surface area contributed by atoms with Crippen molar-refractivity contribution in [2.75, 3.05) is 5.32 Å². The standard InChI is InChI=1S/C22H27N5O2/c1-12(2)17-11-16(18-13(3)26-27(20(18)25-17)22(4,5)6)21(29)24-15-9-7-14(8-10-15)19(23)28/h7-12H,1-6H3,(H2,23,28)(H,24,29). The van der Waals surface area contributed by atoms with Gasteiger partial charge in [0.1, 0.15) is 0 Å². The normalized spacial score (nSPS) is 11.8. The molecule has 0 fully saturated rings. The number of aromatic nitrogens is 3. The number of carbonyl (C=O) groups is 2. The second kappa shape index (κ2) is 7.31. The molecule has 0 saturated heterocycles. The number of fused-ring (bicyclic) bond motifs is 1. The van der Waals surface area contributed by atoms with Crippen molar-refractivity contribution >= 4 is 28.5 Å². The molecule has 3 aromatic rings. The maximum Gasteiger partial charge on any atom is 0.256 e. The molecule has 0 bridgehead atoms. The first-order valence-corrected chi connectivity index (χ1v) is 9.61. The maximum atomic E-state index is 13.2. The number of aryl methyl sites for hydroxylation is 1. The quantitative estimate of drug-likeness (QED) is 0.700. The Morgan fingerprint density at radius 3 is 2.28 bits per heavy atom. The highest BCUT2D eigenvalue weighted by atomic mass is 16.2. The van der Waals surface area contributed by atoms with Crippen LogP contribution in [0.15, 0.2) is 30.3 Å². The van der Waals surface area contributed by atoms with Gasteiger partial charge in [-0.2, -0.15) is 5.10 Å². The summed E-state index contributed by atoms with van der Waals surface area (Å²) < 4.78 is 1.88. The molecule has 0 unspecified atom stereocenters. The Labute approximate surface area is 170 Å². The van der Waals surface area contributed by atoms with Gasteiger partial charge in [-0.1, -0.05) is 13.8 Å². The number of nitrogens with one attached hydrogen (secondary N) is 1. The van der Waals surface area contributed by atoms with Crippen LogP contribution in [0.1, 0.15) is 72.6 Å². The van der Waals surface area contributed by atoms with E-state index in [1.807, 2.05) is 31.5 Å². The molecular weight excluding hydrogens is 366 g/mol. The van der Waals surface area contributed by atoms with Gasteiger partial charge in [0, 0.05) is 16.9 Å². The fourth-order valence-electron chi connectivity index (χ4n) is 3.17. The van der Waals surface area contributed by atoms with E-state index in [1.165, 1.54) is 0 Å². The predicted octanol–water partition coefficient (Wildman–Crippen LogP) is 3.97. The van der Waals surface area contributed by atoms with Crippen molar-refractivity contribution in [3.8, 4) is 0 Å². The van der Waals surface area contributed by atoms with Crippen LogP contribution >= 0.6 is 0 Å². The molecule has 2 heterocycles. The van der Waals surface area contributed by atoms with Gasteiger partial charge in [0.25, 0.3) is 5.91 Å². The number of carbonyl (C=O) groups excluding carboxylic acids is 2. The van der Waals surface area contributed by atoms with Gasteiger partial charge < -0.3 is 11.1 Å². The topological polar surface area (TPSA) is 103 Å². The van der Waals surface area contributed by atoms with Gasteiger partial charge >= 0.3 is 0 Å². The van der Waals surface area contributed by atoms with Gasteiger partial charge in [-0.3, -0.25) is 9.59 Å². The van der Waals surface area contributed by atoms with E-state index in [-0.39, 0.29) is 17.4 Å². The molecule has 0 aliphatic carbocycles. The summed E-state index contributed by atoms with van der Waals surface area (Å²) in [5, 5.41) is 8.31. The Balaban J connectivity index is 2.10. The van der Waals surface area contributed by atoms with Crippen molar-refractivity contribution in [3.05, 3.63) is 52.8 Å². The average molecular weight is 393 g/mol. The fraction of sp³-hybridized carbons (Fsp3) is 0.364. The van der Waals surface area contributed by atoms with Crippen molar-refractivity contribution in [1.82, 2.24) is 14.8 Å². The van der Waals surface area contributed by atoms with E-state index >= 15 is 0 Å². The van der Waals surface area contributed by atoms with E-state index in [1.54, 1.807) is 24.3 Å². The minimum absolute atomic E-state index is 0.157. The van der Waals surface area contributed by atoms with Crippen molar-refractivity contribution in [2.45, 2.75) is 53.0 Å². The predicted molar refractivity (Wildman–Crippen MR) is 114 cm³/mol. The Kier molecular flexibility index (Phi) is 5.17. The number of nitrogens with zero attached hydrogens (tertiary/aromatic N) is 3. The number of hydrogen-bond acceptors (Lipinski definition) is 4. The SMILES string of the molecule is Cc1nn(C(C)(C)C)c2nc(C(C)C)cc(C(=O)Nc3ccc(C(N)=O)cc3)c12. The van der Waals surface area contributed by atoms with E-state index < -0.39 is 5.91 Å². The van der Waals surface area contributed by atoms with Crippen LogP contribution in [0.2, 0.25) is 0 Å². The Bertz CT molecular complexity index is 1090. The molecule has 0 atom stereocenters. The number of pyridine rings is 1. The first-order chi connectivity index (χ1) is 13.5. The van der Waals surface area contributed by atoms with Gasteiger partial charge in [-0.05, 0) is 63.9 Å². The number of benzene rings is 1. The van der Waals surface area contributed by atoms with Crippen LogP contribution in [-0.2, 0) is 5.54 Å². The number of rotatable bonds is 4. The summed E-state index contributed by atoms with van der Waals surface area (Å²) in [5.74, 6) is -0.599. The highest BCUT2D eigenvalue weighted by Crippen LogP contribution is 2.29. The molecule has 3 rings (SSSR count). The lowest BCUT2D eigenvalue weighted by Gasteiger charge is -2.20. The van der Waals surface area contributed by atoms with Crippen molar-refractivity contribution in [2.24, 2.45) is 5.73 Å². The minimum Gasteiger partial charge on any atom is -0.366 e. The summed E-state index contributed by atoms with van der Waals surface area (Å²) in [4.78, 5) is 29.2. The summed E-state index contributed by atoms with van der Waals surface area (Å²) in [5.41, 5.74) is 8.80. The van der Waals surface area contributed by atoms with E-state index in [4.69, 9.17) is 10.7 Å². The number of hydrogen-bond donors (Lipinski definition) is 2. The molecule has 1 aromatic carbocycles. The monoisotopic (exact) mass is 393 g/mol. The average Bonchev–Trinajstić information content (AvgIpc) is 2.98. The summed E-state index contributed by atoms with van der Waals surface area (Å²) in [6.07, 6.45) is 0. The third kappa shape index (κ3) is 3.99. The van der Waals surface area contributed by atoms with Crippen LogP contribution in [0.4, 0.5) is 5.69 Å². The van der Waals surface area contributed by atoms with Crippen LogP contribution in [0.25, 0.3) is 11.0 Å². The highest BCUT2D eigenvalue weighted by molar-refractivity contribution is 6.12. The zero-order valence-electron chi connectivity index (χ0n) is 17.7. The highest BCUT2D eigenvalue weighted by Gasteiger charge is 2.25.